The van der Waals surface area contributed by atoms with Crippen LogP contribution in [0.2, 0.25) is 0 Å². The van der Waals surface area contributed by atoms with E-state index < -0.39 is 0 Å². The normalized spacial score (nSPS) is 11.1. The molecule has 0 saturated heterocycles. The van der Waals surface area contributed by atoms with E-state index in [-0.39, 0.29) is 0 Å². The molecular formula is C27H48O2. The van der Waals surface area contributed by atoms with Crippen LogP contribution in [0.4, 0.5) is 0 Å². The molecule has 1 aromatic carbocycles. The van der Waals surface area contributed by atoms with Gasteiger partial charge < -0.3 is 9.47 Å². The van der Waals surface area contributed by atoms with Gasteiger partial charge in [0.15, 0.2) is 0 Å². The molecule has 0 aliphatic heterocycles. The molecule has 168 valence electrons. The number of rotatable bonds is 21. The van der Waals surface area contributed by atoms with Crippen LogP contribution in [0.25, 0.3) is 0 Å². The van der Waals surface area contributed by atoms with Crippen molar-refractivity contribution in [3.8, 4) is 5.75 Å². The largest absolute Gasteiger partial charge is 0.491 e. The van der Waals surface area contributed by atoms with E-state index in [1.54, 1.807) is 0 Å². The molecule has 0 bridgehead atoms. The van der Waals surface area contributed by atoms with Crippen molar-refractivity contribution in [2.75, 3.05) is 19.8 Å². The molecule has 0 radical (unpaired) electrons. The lowest BCUT2D eigenvalue weighted by Crippen LogP contribution is -2.07. The SMILES string of the molecule is CCCCCCCCCCOCCOc1ccc(CCCCCCCCC)cc1. The van der Waals surface area contributed by atoms with Gasteiger partial charge in [-0.15, -0.1) is 0 Å². The highest BCUT2D eigenvalue weighted by Crippen LogP contribution is 2.15. The van der Waals surface area contributed by atoms with E-state index in [2.05, 4.69) is 38.1 Å². The predicted octanol–water partition coefficient (Wildman–Crippen LogP) is 8.52. The lowest BCUT2D eigenvalue weighted by Gasteiger charge is -2.08. The number of benzene rings is 1. The fraction of sp³-hybridized carbons (Fsp3) is 0.778. The molecule has 1 aromatic rings. The van der Waals surface area contributed by atoms with Gasteiger partial charge in [-0.2, -0.15) is 0 Å². The minimum atomic E-state index is 0.647. The second-order valence-electron chi connectivity index (χ2n) is 8.45. The fourth-order valence-corrected chi connectivity index (χ4v) is 3.70. The highest BCUT2D eigenvalue weighted by molar-refractivity contribution is 5.27. The van der Waals surface area contributed by atoms with Crippen LogP contribution < -0.4 is 4.74 Å². The molecule has 0 unspecified atom stereocenters. The molecule has 0 fully saturated rings. The third-order valence-corrected chi connectivity index (χ3v) is 5.63. The molecule has 29 heavy (non-hydrogen) atoms. The quantitative estimate of drug-likeness (QED) is 0.191. The van der Waals surface area contributed by atoms with Crippen molar-refractivity contribution in [2.45, 2.75) is 117 Å². The zero-order valence-electron chi connectivity index (χ0n) is 19.6. The van der Waals surface area contributed by atoms with Gasteiger partial charge in [-0.3, -0.25) is 0 Å². The van der Waals surface area contributed by atoms with Gasteiger partial charge in [0.05, 0.1) is 6.61 Å². The van der Waals surface area contributed by atoms with E-state index in [4.69, 9.17) is 9.47 Å². The summed E-state index contributed by atoms with van der Waals surface area (Å²) in [6, 6.07) is 8.64. The zero-order valence-corrected chi connectivity index (χ0v) is 19.6. The Kier molecular flexibility index (Phi) is 18.2. The summed E-state index contributed by atoms with van der Waals surface area (Å²) in [6.07, 6.45) is 21.5. The smallest absolute Gasteiger partial charge is 0.119 e. The van der Waals surface area contributed by atoms with Crippen LogP contribution in [0.1, 0.15) is 116 Å². The Balaban J connectivity index is 1.91. The average molecular weight is 405 g/mol. The predicted molar refractivity (Wildman–Crippen MR) is 127 cm³/mol. The molecule has 0 spiro atoms. The van der Waals surface area contributed by atoms with Crippen LogP contribution in [-0.4, -0.2) is 19.8 Å². The standard InChI is InChI=1S/C27H48O2/c1-3-5-7-9-11-13-15-17-23-28-24-25-29-27-21-19-26(20-22-27)18-16-14-12-10-8-6-4-2/h19-22H,3-18,23-25H2,1-2H3. The van der Waals surface area contributed by atoms with Crippen molar-refractivity contribution in [3.05, 3.63) is 29.8 Å². The summed E-state index contributed by atoms with van der Waals surface area (Å²) < 4.78 is 11.5. The van der Waals surface area contributed by atoms with Crippen LogP contribution in [-0.2, 0) is 11.2 Å². The van der Waals surface area contributed by atoms with E-state index in [9.17, 15) is 0 Å². The van der Waals surface area contributed by atoms with E-state index in [1.807, 2.05) is 0 Å². The van der Waals surface area contributed by atoms with Crippen molar-refractivity contribution < 1.29 is 9.47 Å². The van der Waals surface area contributed by atoms with Crippen molar-refractivity contribution >= 4 is 0 Å². The highest BCUT2D eigenvalue weighted by atomic mass is 16.5. The van der Waals surface area contributed by atoms with Gasteiger partial charge in [0.25, 0.3) is 0 Å². The van der Waals surface area contributed by atoms with Gasteiger partial charge in [0.2, 0.25) is 0 Å². The molecule has 0 amide bonds. The van der Waals surface area contributed by atoms with Crippen LogP contribution in [0, 0.1) is 0 Å². The van der Waals surface area contributed by atoms with Crippen LogP contribution in [0.15, 0.2) is 24.3 Å². The topological polar surface area (TPSA) is 18.5 Å². The van der Waals surface area contributed by atoms with Gasteiger partial charge >= 0.3 is 0 Å². The minimum absolute atomic E-state index is 0.647. The first-order valence-corrected chi connectivity index (χ1v) is 12.7. The highest BCUT2D eigenvalue weighted by Gasteiger charge is 1.98. The van der Waals surface area contributed by atoms with Gasteiger partial charge in [-0.1, -0.05) is 109 Å². The molecule has 0 saturated carbocycles. The lowest BCUT2D eigenvalue weighted by molar-refractivity contribution is 0.0970. The first kappa shape index (κ1) is 26.0. The maximum atomic E-state index is 5.80. The van der Waals surface area contributed by atoms with Crippen LogP contribution in [0.5, 0.6) is 5.75 Å². The zero-order chi connectivity index (χ0) is 20.8. The van der Waals surface area contributed by atoms with Gasteiger partial charge in [0, 0.05) is 6.61 Å². The molecule has 0 atom stereocenters. The molecule has 0 aliphatic rings. The maximum absolute atomic E-state index is 5.80. The summed E-state index contributed by atoms with van der Waals surface area (Å²) in [7, 11) is 0. The van der Waals surface area contributed by atoms with Crippen LogP contribution in [0.3, 0.4) is 0 Å². The molecule has 2 heteroatoms. The summed E-state index contributed by atoms with van der Waals surface area (Å²) >= 11 is 0. The van der Waals surface area contributed by atoms with Crippen LogP contribution >= 0.6 is 0 Å². The molecular weight excluding hydrogens is 356 g/mol. The average Bonchev–Trinajstić information content (AvgIpc) is 2.75. The Morgan fingerprint density at radius 1 is 0.517 bits per heavy atom. The van der Waals surface area contributed by atoms with Crippen molar-refractivity contribution in [2.24, 2.45) is 0 Å². The third kappa shape index (κ3) is 16.5. The lowest BCUT2D eigenvalue weighted by atomic mass is 10.0. The van der Waals surface area contributed by atoms with E-state index in [1.165, 1.54) is 108 Å². The minimum Gasteiger partial charge on any atom is -0.491 e. The fourth-order valence-electron chi connectivity index (χ4n) is 3.70. The summed E-state index contributed by atoms with van der Waals surface area (Å²) in [5, 5.41) is 0. The monoisotopic (exact) mass is 404 g/mol. The number of hydrogen-bond donors (Lipinski definition) is 0. The van der Waals surface area contributed by atoms with Gasteiger partial charge in [-0.05, 0) is 37.0 Å². The summed E-state index contributed by atoms with van der Waals surface area (Å²) in [5.74, 6) is 0.962. The first-order chi connectivity index (χ1) is 14.4. The summed E-state index contributed by atoms with van der Waals surface area (Å²) in [5.41, 5.74) is 1.43. The van der Waals surface area contributed by atoms with Crippen molar-refractivity contribution in [1.82, 2.24) is 0 Å². The second kappa shape index (κ2) is 20.3. The Labute approximate surface area is 181 Å². The Hall–Kier alpha value is -1.02. The molecule has 1 rings (SSSR count). The van der Waals surface area contributed by atoms with Gasteiger partial charge in [-0.25, -0.2) is 0 Å². The molecule has 0 aliphatic carbocycles. The number of ether oxygens (including phenoxy) is 2. The number of aryl methyl sites for hydroxylation is 1. The molecule has 0 heterocycles. The molecule has 0 N–H and O–H groups in total. The number of hydrogen-bond acceptors (Lipinski definition) is 2. The Morgan fingerprint density at radius 3 is 1.62 bits per heavy atom. The van der Waals surface area contributed by atoms with E-state index >= 15 is 0 Å². The number of unbranched alkanes of at least 4 members (excludes halogenated alkanes) is 13. The third-order valence-electron chi connectivity index (χ3n) is 5.63. The molecule has 2 nitrogen and oxygen atoms in total. The Bertz CT molecular complexity index is 440. The first-order valence-electron chi connectivity index (χ1n) is 12.7. The Morgan fingerprint density at radius 2 is 1.03 bits per heavy atom. The summed E-state index contributed by atoms with van der Waals surface area (Å²) in [6.45, 7) is 6.76. The van der Waals surface area contributed by atoms with E-state index in [0.29, 0.717) is 13.2 Å². The van der Waals surface area contributed by atoms with E-state index in [0.717, 1.165) is 12.4 Å². The second-order valence-corrected chi connectivity index (χ2v) is 8.45. The maximum Gasteiger partial charge on any atom is 0.119 e. The van der Waals surface area contributed by atoms with Crippen molar-refractivity contribution in [3.63, 3.8) is 0 Å². The summed E-state index contributed by atoms with van der Waals surface area (Å²) in [4.78, 5) is 0. The molecule has 0 aromatic heterocycles. The van der Waals surface area contributed by atoms with Crippen molar-refractivity contribution in [1.29, 1.82) is 0 Å². The van der Waals surface area contributed by atoms with Gasteiger partial charge in [0.1, 0.15) is 12.4 Å².